The number of halogens is 1. The molecule has 2 heterocycles. The Balaban J connectivity index is 1.68. The quantitative estimate of drug-likeness (QED) is 0.785. The highest BCUT2D eigenvalue weighted by Crippen LogP contribution is 2.30. The summed E-state index contributed by atoms with van der Waals surface area (Å²) in [6.45, 7) is 5.74. The fraction of sp³-hybridized carbons (Fsp3) is 0.412. The van der Waals surface area contributed by atoms with E-state index in [1.165, 1.54) is 11.3 Å². The molecule has 1 fully saturated rings. The van der Waals surface area contributed by atoms with Crippen LogP contribution in [0.2, 0.25) is 0 Å². The van der Waals surface area contributed by atoms with Gasteiger partial charge in [0.2, 0.25) is 0 Å². The van der Waals surface area contributed by atoms with Gasteiger partial charge in [-0.25, -0.2) is 8.42 Å². The molecule has 5 nitrogen and oxygen atoms in total. The fourth-order valence-corrected chi connectivity index (χ4v) is 6.42. The third-order valence-corrected chi connectivity index (χ3v) is 8.31. The van der Waals surface area contributed by atoms with Crippen LogP contribution in [0.4, 0.5) is 5.69 Å². The van der Waals surface area contributed by atoms with E-state index < -0.39 is 15.6 Å². The van der Waals surface area contributed by atoms with Crippen molar-refractivity contribution in [2.45, 2.75) is 23.7 Å². The second kappa shape index (κ2) is 7.00. The molecule has 1 aromatic carbocycles. The highest BCUT2D eigenvalue weighted by Gasteiger charge is 2.29. The predicted octanol–water partition coefficient (Wildman–Crippen LogP) is 3.25. The Labute approximate surface area is 161 Å². The first-order valence-electron chi connectivity index (χ1n) is 8.01. The van der Waals surface area contributed by atoms with Gasteiger partial charge < -0.3 is 10.0 Å². The molecule has 136 valence electrons. The summed E-state index contributed by atoms with van der Waals surface area (Å²) in [7, 11) is -3.41. The van der Waals surface area contributed by atoms with Crippen LogP contribution in [0.15, 0.2) is 44.4 Å². The molecule has 1 aliphatic heterocycles. The van der Waals surface area contributed by atoms with E-state index in [2.05, 4.69) is 20.8 Å². The van der Waals surface area contributed by atoms with Gasteiger partial charge in [0.15, 0.2) is 0 Å². The molecule has 0 unspecified atom stereocenters. The van der Waals surface area contributed by atoms with E-state index in [0.29, 0.717) is 30.4 Å². The number of aliphatic hydroxyl groups is 1. The van der Waals surface area contributed by atoms with E-state index in [4.69, 9.17) is 0 Å². The SMILES string of the molecule is CC(C)(O)c1ccc(N2CCN(S(=O)(=O)c3ccc(Br)s3)CC2)cc1. The first kappa shape index (κ1) is 18.8. The minimum absolute atomic E-state index is 0.377. The summed E-state index contributed by atoms with van der Waals surface area (Å²) >= 11 is 4.56. The normalized spacial score (nSPS) is 17.0. The summed E-state index contributed by atoms with van der Waals surface area (Å²) in [6.07, 6.45) is 0. The van der Waals surface area contributed by atoms with Gasteiger partial charge in [0, 0.05) is 31.9 Å². The highest BCUT2D eigenvalue weighted by molar-refractivity contribution is 9.11. The lowest BCUT2D eigenvalue weighted by Gasteiger charge is -2.35. The second-order valence-electron chi connectivity index (χ2n) is 6.56. The molecular weight excluding hydrogens is 424 g/mol. The van der Waals surface area contributed by atoms with Crippen molar-refractivity contribution in [2.24, 2.45) is 0 Å². The molecule has 0 spiro atoms. The minimum Gasteiger partial charge on any atom is -0.386 e. The number of hydrogen-bond donors (Lipinski definition) is 1. The summed E-state index contributed by atoms with van der Waals surface area (Å²) in [5, 5.41) is 10.0. The van der Waals surface area contributed by atoms with Crippen LogP contribution < -0.4 is 4.90 Å². The van der Waals surface area contributed by atoms with Crippen LogP contribution in [0, 0.1) is 0 Å². The van der Waals surface area contributed by atoms with Gasteiger partial charge in [-0.05, 0) is 59.6 Å². The van der Waals surface area contributed by atoms with Crippen molar-refractivity contribution >= 4 is 43.0 Å². The molecule has 1 N–H and O–H groups in total. The molecule has 2 aromatic rings. The standard InChI is InChI=1S/C17H21BrN2O3S2/c1-17(2,21)13-3-5-14(6-4-13)19-9-11-20(12-10-19)25(22,23)16-8-7-15(18)24-16/h3-8,21H,9-12H2,1-2H3. The van der Waals surface area contributed by atoms with Gasteiger partial charge in [0.25, 0.3) is 10.0 Å². The monoisotopic (exact) mass is 444 g/mol. The number of rotatable bonds is 4. The lowest BCUT2D eigenvalue weighted by atomic mass is 9.98. The molecule has 1 aromatic heterocycles. The number of piperazine rings is 1. The Bertz CT molecular complexity index is 834. The molecular formula is C17H21BrN2O3S2. The number of thiophene rings is 1. The Morgan fingerprint density at radius 1 is 1.04 bits per heavy atom. The Hall–Kier alpha value is -0.930. The van der Waals surface area contributed by atoms with E-state index in [9.17, 15) is 13.5 Å². The van der Waals surface area contributed by atoms with E-state index in [-0.39, 0.29) is 0 Å². The summed E-state index contributed by atoms with van der Waals surface area (Å²) < 4.78 is 28.1. The Morgan fingerprint density at radius 2 is 1.64 bits per heavy atom. The predicted molar refractivity (Wildman–Crippen MR) is 105 cm³/mol. The molecule has 25 heavy (non-hydrogen) atoms. The lowest BCUT2D eigenvalue weighted by molar-refractivity contribution is 0.0786. The van der Waals surface area contributed by atoms with Crippen molar-refractivity contribution in [3.8, 4) is 0 Å². The first-order valence-corrected chi connectivity index (χ1v) is 11.1. The van der Waals surface area contributed by atoms with Crippen molar-refractivity contribution < 1.29 is 13.5 Å². The maximum atomic E-state index is 12.7. The zero-order valence-electron chi connectivity index (χ0n) is 14.1. The molecule has 0 bridgehead atoms. The first-order chi connectivity index (χ1) is 11.7. The maximum absolute atomic E-state index is 12.7. The molecule has 8 heteroatoms. The highest BCUT2D eigenvalue weighted by atomic mass is 79.9. The van der Waals surface area contributed by atoms with Crippen LogP contribution in [0.1, 0.15) is 19.4 Å². The summed E-state index contributed by atoms with van der Waals surface area (Å²) in [4.78, 5) is 2.17. The number of hydrogen-bond acceptors (Lipinski definition) is 5. The largest absolute Gasteiger partial charge is 0.386 e. The topological polar surface area (TPSA) is 60.9 Å². The van der Waals surface area contributed by atoms with Crippen molar-refractivity contribution in [1.82, 2.24) is 4.31 Å². The average Bonchev–Trinajstić information content (AvgIpc) is 3.02. The van der Waals surface area contributed by atoms with Crippen molar-refractivity contribution in [2.75, 3.05) is 31.1 Å². The molecule has 0 aliphatic carbocycles. The molecule has 1 aliphatic rings. The second-order valence-corrected chi connectivity index (χ2v) is 11.2. The van der Waals surface area contributed by atoms with Gasteiger partial charge in [-0.15, -0.1) is 11.3 Å². The smallest absolute Gasteiger partial charge is 0.252 e. The zero-order valence-corrected chi connectivity index (χ0v) is 17.4. The van der Waals surface area contributed by atoms with E-state index >= 15 is 0 Å². The van der Waals surface area contributed by atoms with Crippen LogP contribution in [-0.4, -0.2) is 44.0 Å². The van der Waals surface area contributed by atoms with Gasteiger partial charge in [-0.1, -0.05) is 12.1 Å². The lowest BCUT2D eigenvalue weighted by Crippen LogP contribution is -2.48. The van der Waals surface area contributed by atoms with Crippen LogP contribution in [0.3, 0.4) is 0 Å². The molecule has 3 rings (SSSR count). The van der Waals surface area contributed by atoms with Gasteiger partial charge in [-0.2, -0.15) is 4.31 Å². The van der Waals surface area contributed by atoms with Crippen LogP contribution in [0.25, 0.3) is 0 Å². The third-order valence-electron chi connectivity index (χ3n) is 4.32. The maximum Gasteiger partial charge on any atom is 0.252 e. The minimum atomic E-state index is -3.41. The third kappa shape index (κ3) is 4.09. The van der Waals surface area contributed by atoms with Gasteiger partial charge >= 0.3 is 0 Å². The zero-order chi connectivity index (χ0) is 18.2. The van der Waals surface area contributed by atoms with Crippen LogP contribution in [0.5, 0.6) is 0 Å². The summed E-state index contributed by atoms with van der Waals surface area (Å²) in [6, 6.07) is 11.2. The Morgan fingerprint density at radius 3 is 2.12 bits per heavy atom. The molecule has 1 saturated heterocycles. The van der Waals surface area contributed by atoms with Gasteiger partial charge in [-0.3, -0.25) is 0 Å². The summed E-state index contributed by atoms with van der Waals surface area (Å²) in [5.41, 5.74) is 1.05. The van der Waals surface area contributed by atoms with Crippen molar-refractivity contribution in [3.63, 3.8) is 0 Å². The molecule has 0 radical (unpaired) electrons. The van der Waals surface area contributed by atoms with E-state index in [1.54, 1.807) is 30.3 Å². The number of nitrogens with zero attached hydrogens (tertiary/aromatic N) is 2. The van der Waals surface area contributed by atoms with E-state index in [0.717, 1.165) is 15.0 Å². The number of sulfonamides is 1. The summed E-state index contributed by atoms with van der Waals surface area (Å²) in [5.74, 6) is 0. The van der Waals surface area contributed by atoms with Crippen LogP contribution >= 0.6 is 27.3 Å². The van der Waals surface area contributed by atoms with Crippen LogP contribution in [-0.2, 0) is 15.6 Å². The van der Waals surface area contributed by atoms with E-state index in [1.807, 2.05) is 24.3 Å². The fourth-order valence-electron chi connectivity index (χ4n) is 2.83. The molecule has 0 atom stereocenters. The average molecular weight is 445 g/mol. The van der Waals surface area contributed by atoms with Crippen molar-refractivity contribution in [1.29, 1.82) is 0 Å². The molecule has 0 amide bonds. The van der Waals surface area contributed by atoms with Gasteiger partial charge in [0.05, 0.1) is 9.39 Å². The number of anilines is 1. The number of benzene rings is 1. The van der Waals surface area contributed by atoms with Gasteiger partial charge in [0.1, 0.15) is 4.21 Å². The molecule has 0 saturated carbocycles. The Kier molecular flexibility index (Phi) is 5.28. The van der Waals surface area contributed by atoms with Crippen molar-refractivity contribution in [3.05, 3.63) is 45.7 Å².